The second kappa shape index (κ2) is 6.23. The number of carbonyl (C=O) groups is 1. The van der Waals surface area contributed by atoms with Crippen molar-refractivity contribution in [3.8, 4) is 6.07 Å². The normalized spacial score (nSPS) is 12.2. The molecule has 3 nitrogen and oxygen atoms in total. The molecule has 2 rings (SSSR count). The largest absolute Gasteiger partial charge is 0.452 e. The molecule has 2 aromatic carbocycles. The third-order valence-electron chi connectivity index (χ3n) is 3.28. The SMILES string of the molecule is CC(C)(C#N)[C@H](OC(=O)c1ccccc1)c1ccccc1. The lowest BCUT2D eigenvalue weighted by Gasteiger charge is -2.28. The Morgan fingerprint density at radius 3 is 2.10 bits per heavy atom. The molecule has 0 aliphatic heterocycles. The van der Waals surface area contributed by atoms with Crippen molar-refractivity contribution in [2.24, 2.45) is 5.41 Å². The molecule has 2 aromatic rings. The van der Waals surface area contributed by atoms with Gasteiger partial charge in [0.15, 0.2) is 0 Å². The summed E-state index contributed by atoms with van der Waals surface area (Å²) in [5.41, 5.74) is 0.478. The van der Waals surface area contributed by atoms with Gasteiger partial charge in [0, 0.05) is 0 Å². The van der Waals surface area contributed by atoms with Crippen LogP contribution in [-0.4, -0.2) is 5.97 Å². The summed E-state index contributed by atoms with van der Waals surface area (Å²) >= 11 is 0. The maximum Gasteiger partial charge on any atom is 0.338 e. The van der Waals surface area contributed by atoms with Crippen LogP contribution in [0.4, 0.5) is 0 Å². The summed E-state index contributed by atoms with van der Waals surface area (Å²) in [4.78, 5) is 12.3. The third kappa shape index (κ3) is 3.49. The zero-order valence-corrected chi connectivity index (χ0v) is 12.1. The second-order valence-corrected chi connectivity index (χ2v) is 5.40. The summed E-state index contributed by atoms with van der Waals surface area (Å²) in [7, 11) is 0. The molecule has 0 amide bonds. The van der Waals surface area contributed by atoms with Gasteiger partial charge in [-0.15, -0.1) is 0 Å². The number of nitriles is 1. The van der Waals surface area contributed by atoms with E-state index in [1.165, 1.54) is 0 Å². The lowest BCUT2D eigenvalue weighted by atomic mass is 9.84. The van der Waals surface area contributed by atoms with Crippen molar-refractivity contribution >= 4 is 5.97 Å². The lowest BCUT2D eigenvalue weighted by Crippen LogP contribution is -2.25. The molecule has 0 bridgehead atoms. The van der Waals surface area contributed by atoms with Crippen molar-refractivity contribution in [3.05, 3.63) is 71.8 Å². The van der Waals surface area contributed by atoms with E-state index in [9.17, 15) is 10.1 Å². The van der Waals surface area contributed by atoms with Gasteiger partial charge in [-0.1, -0.05) is 48.5 Å². The molecular formula is C18H17NO2. The fourth-order valence-corrected chi connectivity index (χ4v) is 2.07. The Balaban J connectivity index is 2.30. The Hall–Kier alpha value is -2.60. The minimum Gasteiger partial charge on any atom is -0.452 e. The van der Waals surface area contributed by atoms with Crippen molar-refractivity contribution in [2.75, 3.05) is 0 Å². The molecule has 0 aliphatic carbocycles. The number of nitrogens with zero attached hydrogens (tertiary/aromatic N) is 1. The van der Waals surface area contributed by atoms with Gasteiger partial charge in [-0.3, -0.25) is 0 Å². The highest BCUT2D eigenvalue weighted by molar-refractivity contribution is 5.89. The molecule has 21 heavy (non-hydrogen) atoms. The summed E-state index contributed by atoms with van der Waals surface area (Å²) in [6, 6.07) is 20.4. The number of rotatable bonds is 4. The van der Waals surface area contributed by atoms with Gasteiger partial charge >= 0.3 is 5.97 Å². The number of benzene rings is 2. The summed E-state index contributed by atoms with van der Waals surface area (Å²) in [5.74, 6) is -0.423. The number of hydrogen-bond acceptors (Lipinski definition) is 3. The summed E-state index contributed by atoms with van der Waals surface area (Å²) < 4.78 is 5.62. The van der Waals surface area contributed by atoms with Crippen LogP contribution in [0.1, 0.15) is 35.9 Å². The first kappa shape index (κ1) is 14.8. The van der Waals surface area contributed by atoms with E-state index in [-0.39, 0.29) is 0 Å². The van der Waals surface area contributed by atoms with Crippen molar-refractivity contribution < 1.29 is 9.53 Å². The lowest BCUT2D eigenvalue weighted by molar-refractivity contribution is 0.00518. The Kier molecular flexibility index (Phi) is 4.39. The average molecular weight is 279 g/mol. The van der Waals surface area contributed by atoms with Gasteiger partial charge < -0.3 is 4.74 Å². The molecule has 0 N–H and O–H groups in total. The monoisotopic (exact) mass is 279 g/mol. The van der Waals surface area contributed by atoms with Gasteiger partial charge in [0.25, 0.3) is 0 Å². The molecular weight excluding hydrogens is 262 g/mol. The quantitative estimate of drug-likeness (QED) is 0.790. The molecule has 0 unspecified atom stereocenters. The second-order valence-electron chi connectivity index (χ2n) is 5.40. The highest BCUT2D eigenvalue weighted by atomic mass is 16.5. The van der Waals surface area contributed by atoms with Gasteiger partial charge in [0.05, 0.1) is 17.0 Å². The third-order valence-corrected chi connectivity index (χ3v) is 3.28. The summed E-state index contributed by atoms with van der Waals surface area (Å²) in [6.07, 6.45) is -0.614. The van der Waals surface area contributed by atoms with E-state index in [1.54, 1.807) is 38.1 Å². The number of carbonyl (C=O) groups excluding carboxylic acids is 1. The molecule has 0 heterocycles. The Labute approximate surface area is 124 Å². The topological polar surface area (TPSA) is 50.1 Å². The Morgan fingerprint density at radius 2 is 1.57 bits per heavy atom. The summed E-state index contributed by atoms with van der Waals surface area (Å²) in [5, 5.41) is 9.37. The minimum absolute atomic E-state index is 0.423. The predicted octanol–water partition coefficient (Wildman–Crippen LogP) is 4.13. The zero-order chi connectivity index (χ0) is 15.3. The van der Waals surface area contributed by atoms with E-state index in [0.29, 0.717) is 5.56 Å². The molecule has 0 aromatic heterocycles. The molecule has 0 fully saturated rings. The first-order valence-corrected chi connectivity index (χ1v) is 6.77. The van der Waals surface area contributed by atoms with Crippen molar-refractivity contribution in [1.82, 2.24) is 0 Å². The van der Waals surface area contributed by atoms with E-state index >= 15 is 0 Å². The molecule has 1 atom stereocenters. The Bertz CT molecular complexity index is 642. The molecule has 0 spiro atoms. The van der Waals surface area contributed by atoms with Crippen LogP contribution in [0.2, 0.25) is 0 Å². The van der Waals surface area contributed by atoms with Crippen molar-refractivity contribution in [1.29, 1.82) is 5.26 Å². The fraction of sp³-hybridized carbons (Fsp3) is 0.222. The van der Waals surface area contributed by atoms with E-state index in [1.807, 2.05) is 36.4 Å². The van der Waals surface area contributed by atoms with Crippen LogP contribution >= 0.6 is 0 Å². The molecule has 0 saturated carbocycles. The van der Waals surface area contributed by atoms with Crippen LogP contribution in [0.15, 0.2) is 60.7 Å². The van der Waals surface area contributed by atoms with Crippen LogP contribution in [-0.2, 0) is 4.74 Å². The highest BCUT2D eigenvalue weighted by Gasteiger charge is 2.34. The molecule has 106 valence electrons. The van der Waals surface area contributed by atoms with E-state index in [0.717, 1.165) is 5.56 Å². The number of hydrogen-bond donors (Lipinski definition) is 0. The molecule has 0 saturated heterocycles. The van der Waals surface area contributed by atoms with E-state index in [2.05, 4.69) is 6.07 Å². The number of esters is 1. The fourth-order valence-electron chi connectivity index (χ4n) is 2.07. The van der Waals surface area contributed by atoms with Gasteiger partial charge in [-0.2, -0.15) is 5.26 Å². The maximum absolute atomic E-state index is 12.3. The molecule has 3 heteroatoms. The predicted molar refractivity (Wildman–Crippen MR) is 80.4 cm³/mol. The summed E-state index contributed by atoms with van der Waals surface area (Å²) in [6.45, 7) is 3.53. The van der Waals surface area contributed by atoms with Crippen LogP contribution in [0, 0.1) is 16.7 Å². The van der Waals surface area contributed by atoms with Gasteiger partial charge in [0.1, 0.15) is 6.10 Å². The van der Waals surface area contributed by atoms with Crippen LogP contribution in [0.3, 0.4) is 0 Å². The van der Waals surface area contributed by atoms with Crippen LogP contribution in [0.25, 0.3) is 0 Å². The maximum atomic E-state index is 12.3. The van der Waals surface area contributed by atoms with Gasteiger partial charge in [-0.05, 0) is 31.5 Å². The number of ether oxygens (including phenoxy) is 1. The van der Waals surface area contributed by atoms with Gasteiger partial charge in [-0.25, -0.2) is 4.79 Å². The van der Waals surface area contributed by atoms with Crippen LogP contribution < -0.4 is 0 Å². The van der Waals surface area contributed by atoms with E-state index in [4.69, 9.17) is 4.74 Å². The first-order valence-electron chi connectivity index (χ1n) is 6.77. The Morgan fingerprint density at radius 1 is 1.05 bits per heavy atom. The van der Waals surface area contributed by atoms with E-state index < -0.39 is 17.5 Å². The minimum atomic E-state index is -0.814. The standard InChI is InChI=1S/C18H17NO2/c1-18(2,13-19)16(14-9-5-3-6-10-14)21-17(20)15-11-7-4-8-12-15/h3-12,16H,1-2H3/t16-/m1/s1. The molecule has 0 aliphatic rings. The smallest absolute Gasteiger partial charge is 0.338 e. The molecule has 0 radical (unpaired) electrons. The van der Waals surface area contributed by atoms with Crippen molar-refractivity contribution in [3.63, 3.8) is 0 Å². The van der Waals surface area contributed by atoms with Crippen molar-refractivity contribution in [2.45, 2.75) is 20.0 Å². The zero-order valence-electron chi connectivity index (χ0n) is 12.1. The highest BCUT2D eigenvalue weighted by Crippen LogP contribution is 2.36. The van der Waals surface area contributed by atoms with Crippen LogP contribution in [0.5, 0.6) is 0 Å². The van der Waals surface area contributed by atoms with Gasteiger partial charge in [0.2, 0.25) is 0 Å². The first-order chi connectivity index (χ1) is 10.0. The average Bonchev–Trinajstić information content (AvgIpc) is 2.54.